The number of benzene rings is 2. The van der Waals surface area contributed by atoms with Gasteiger partial charge in [-0.15, -0.1) is 0 Å². The van der Waals surface area contributed by atoms with Gasteiger partial charge in [-0.3, -0.25) is 14.9 Å². The van der Waals surface area contributed by atoms with Crippen LogP contribution in [-0.4, -0.2) is 47.3 Å². The Morgan fingerprint density at radius 1 is 0.741 bits per heavy atom. The van der Waals surface area contributed by atoms with E-state index in [0.717, 1.165) is 31.9 Å². The molecule has 4 nitrogen and oxygen atoms in total. The summed E-state index contributed by atoms with van der Waals surface area (Å²) in [4.78, 5) is 6.85. The van der Waals surface area contributed by atoms with Gasteiger partial charge in [0.05, 0.1) is 18.0 Å². The number of nitrogens with zero attached hydrogens (tertiary/aromatic N) is 4. The van der Waals surface area contributed by atoms with Crippen LogP contribution in [0.15, 0.2) is 90.2 Å². The van der Waals surface area contributed by atoms with E-state index in [4.69, 9.17) is 0 Å². The average molecular weight is 356 g/mol. The predicted octanol–water partition coefficient (Wildman–Crippen LogP) is 3.82. The molecule has 2 heterocycles. The van der Waals surface area contributed by atoms with E-state index < -0.39 is 0 Å². The molecule has 136 valence electrons. The van der Waals surface area contributed by atoms with Crippen molar-refractivity contribution in [2.24, 2.45) is 5.10 Å². The van der Waals surface area contributed by atoms with E-state index in [1.165, 1.54) is 11.1 Å². The number of pyridine rings is 1. The summed E-state index contributed by atoms with van der Waals surface area (Å²) in [5.74, 6) is 0. The summed E-state index contributed by atoms with van der Waals surface area (Å²) in [6, 6.07) is 27.7. The lowest BCUT2D eigenvalue weighted by molar-refractivity contribution is 0.113. The molecule has 1 aliphatic heterocycles. The Morgan fingerprint density at radius 2 is 1.33 bits per heavy atom. The maximum absolute atomic E-state index is 4.61. The third kappa shape index (κ3) is 4.41. The molecule has 27 heavy (non-hydrogen) atoms. The van der Waals surface area contributed by atoms with Crippen LogP contribution in [0.1, 0.15) is 22.9 Å². The first-order valence-electron chi connectivity index (χ1n) is 9.44. The summed E-state index contributed by atoms with van der Waals surface area (Å²) < 4.78 is 0. The fourth-order valence-corrected chi connectivity index (χ4v) is 3.56. The van der Waals surface area contributed by atoms with Crippen LogP contribution in [0.5, 0.6) is 0 Å². The molecule has 0 saturated carbocycles. The molecule has 0 bridgehead atoms. The van der Waals surface area contributed by atoms with Gasteiger partial charge in [-0.1, -0.05) is 66.7 Å². The van der Waals surface area contributed by atoms with Crippen molar-refractivity contribution < 1.29 is 0 Å². The smallest absolute Gasteiger partial charge is 0.0830 e. The largest absolute Gasteiger partial charge is 0.294 e. The van der Waals surface area contributed by atoms with E-state index in [1.807, 2.05) is 24.4 Å². The Morgan fingerprint density at radius 3 is 1.89 bits per heavy atom. The van der Waals surface area contributed by atoms with Crippen LogP contribution in [0.25, 0.3) is 0 Å². The van der Waals surface area contributed by atoms with Gasteiger partial charge in [0.25, 0.3) is 0 Å². The van der Waals surface area contributed by atoms with Gasteiger partial charge in [0.2, 0.25) is 0 Å². The van der Waals surface area contributed by atoms with E-state index in [-0.39, 0.29) is 6.04 Å². The number of piperazine rings is 1. The second-order valence-corrected chi connectivity index (χ2v) is 6.71. The highest BCUT2D eigenvalue weighted by Crippen LogP contribution is 2.29. The van der Waals surface area contributed by atoms with Crippen LogP contribution in [0.4, 0.5) is 0 Å². The zero-order valence-electron chi connectivity index (χ0n) is 15.4. The molecule has 2 aromatic carbocycles. The third-order valence-electron chi connectivity index (χ3n) is 4.93. The van der Waals surface area contributed by atoms with Gasteiger partial charge < -0.3 is 0 Å². The lowest BCUT2D eigenvalue weighted by atomic mass is 9.96. The molecule has 1 saturated heterocycles. The normalized spacial score (nSPS) is 15.5. The fraction of sp³-hybridized carbons (Fsp3) is 0.217. The molecule has 1 fully saturated rings. The molecular weight excluding hydrogens is 332 g/mol. The quantitative estimate of drug-likeness (QED) is 0.651. The topological polar surface area (TPSA) is 31.7 Å². The Kier molecular flexibility index (Phi) is 5.56. The molecule has 3 aromatic rings. The monoisotopic (exact) mass is 356 g/mol. The van der Waals surface area contributed by atoms with Crippen molar-refractivity contribution in [1.82, 2.24) is 14.9 Å². The number of hydrogen-bond acceptors (Lipinski definition) is 4. The Hall–Kier alpha value is -2.98. The van der Waals surface area contributed by atoms with Crippen LogP contribution in [0.3, 0.4) is 0 Å². The van der Waals surface area contributed by atoms with Crippen molar-refractivity contribution in [2.45, 2.75) is 6.04 Å². The van der Waals surface area contributed by atoms with Crippen molar-refractivity contribution in [3.63, 3.8) is 0 Å². The zero-order valence-corrected chi connectivity index (χ0v) is 15.4. The molecule has 1 aliphatic rings. The zero-order chi connectivity index (χ0) is 18.3. The molecule has 0 radical (unpaired) electrons. The molecule has 0 aliphatic carbocycles. The molecule has 0 unspecified atom stereocenters. The second kappa shape index (κ2) is 8.60. The summed E-state index contributed by atoms with van der Waals surface area (Å²) in [5, 5.41) is 6.75. The van der Waals surface area contributed by atoms with Crippen molar-refractivity contribution in [3.8, 4) is 0 Å². The van der Waals surface area contributed by atoms with Crippen molar-refractivity contribution >= 4 is 6.21 Å². The maximum Gasteiger partial charge on any atom is 0.0830 e. The Labute approximate surface area is 160 Å². The first-order valence-corrected chi connectivity index (χ1v) is 9.44. The standard InChI is InChI=1S/C23H24N4/c1-3-9-20(10-4-1)23(21-11-5-2-6-12-21)26-15-17-27(18-16-26)25-19-22-13-7-8-14-24-22/h1-14,19,23H,15-18H2. The van der Waals surface area contributed by atoms with Gasteiger partial charge in [0.1, 0.15) is 0 Å². The minimum absolute atomic E-state index is 0.286. The molecule has 0 N–H and O–H groups in total. The van der Waals surface area contributed by atoms with Gasteiger partial charge in [0.15, 0.2) is 0 Å². The fourth-order valence-electron chi connectivity index (χ4n) is 3.56. The average Bonchev–Trinajstić information content (AvgIpc) is 2.76. The summed E-state index contributed by atoms with van der Waals surface area (Å²) in [5.41, 5.74) is 3.58. The van der Waals surface area contributed by atoms with Crippen molar-refractivity contribution in [3.05, 3.63) is 102 Å². The van der Waals surface area contributed by atoms with Crippen molar-refractivity contribution in [2.75, 3.05) is 26.2 Å². The lowest BCUT2D eigenvalue weighted by Crippen LogP contribution is -2.45. The molecule has 0 spiro atoms. The lowest BCUT2D eigenvalue weighted by Gasteiger charge is -2.38. The first kappa shape index (κ1) is 17.4. The van der Waals surface area contributed by atoms with Gasteiger partial charge in [-0.05, 0) is 23.3 Å². The SMILES string of the molecule is C(=NN1CCN(C(c2ccccc2)c2ccccc2)CC1)c1ccccn1. The number of aromatic nitrogens is 1. The van der Waals surface area contributed by atoms with Crippen LogP contribution >= 0.6 is 0 Å². The van der Waals surface area contributed by atoms with Crippen LogP contribution in [0, 0.1) is 0 Å². The van der Waals surface area contributed by atoms with Crippen LogP contribution in [-0.2, 0) is 0 Å². The van der Waals surface area contributed by atoms with E-state index in [2.05, 4.69) is 80.7 Å². The molecule has 1 aromatic heterocycles. The summed E-state index contributed by atoms with van der Waals surface area (Å²) >= 11 is 0. The molecule has 4 rings (SSSR count). The molecule has 0 atom stereocenters. The van der Waals surface area contributed by atoms with E-state index in [0.29, 0.717) is 0 Å². The van der Waals surface area contributed by atoms with Crippen LogP contribution in [0.2, 0.25) is 0 Å². The second-order valence-electron chi connectivity index (χ2n) is 6.71. The van der Waals surface area contributed by atoms with Crippen molar-refractivity contribution in [1.29, 1.82) is 0 Å². The number of rotatable bonds is 5. The third-order valence-corrected chi connectivity index (χ3v) is 4.93. The minimum Gasteiger partial charge on any atom is -0.294 e. The Balaban J connectivity index is 1.47. The van der Waals surface area contributed by atoms with Gasteiger partial charge >= 0.3 is 0 Å². The summed E-state index contributed by atoms with van der Waals surface area (Å²) in [6.45, 7) is 3.79. The first-order chi connectivity index (χ1) is 13.4. The summed E-state index contributed by atoms with van der Waals surface area (Å²) in [7, 11) is 0. The maximum atomic E-state index is 4.61. The summed E-state index contributed by atoms with van der Waals surface area (Å²) in [6.07, 6.45) is 3.64. The van der Waals surface area contributed by atoms with E-state index >= 15 is 0 Å². The highest BCUT2D eigenvalue weighted by molar-refractivity contribution is 5.76. The predicted molar refractivity (Wildman–Crippen MR) is 110 cm³/mol. The molecular formula is C23H24N4. The van der Waals surface area contributed by atoms with E-state index in [1.54, 1.807) is 6.20 Å². The van der Waals surface area contributed by atoms with Gasteiger partial charge in [0, 0.05) is 32.4 Å². The highest BCUT2D eigenvalue weighted by Gasteiger charge is 2.25. The highest BCUT2D eigenvalue weighted by atomic mass is 15.5. The molecule has 4 heteroatoms. The van der Waals surface area contributed by atoms with Gasteiger partial charge in [-0.2, -0.15) is 5.10 Å². The minimum atomic E-state index is 0.286. The Bertz CT molecular complexity index is 802. The number of hydrogen-bond donors (Lipinski definition) is 0. The van der Waals surface area contributed by atoms with E-state index in [9.17, 15) is 0 Å². The number of hydrazone groups is 1. The molecule has 0 amide bonds. The van der Waals surface area contributed by atoms with Gasteiger partial charge in [-0.25, -0.2) is 0 Å². The van der Waals surface area contributed by atoms with Crippen LogP contribution < -0.4 is 0 Å².